The minimum absolute atomic E-state index is 0.125. The average molecular weight is 244 g/mol. The largest absolute Gasteiger partial charge is 0.460 e. The lowest BCUT2D eigenvalue weighted by molar-refractivity contribution is -0.139. The third kappa shape index (κ3) is 4.71. The van der Waals surface area contributed by atoms with E-state index in [0.717, 1.165) is 5.56 Å². The summed E-state index contributed by atoms with van der Waals surface area (Å²) in [7, 11) is 0. The molecule has 0 aliphatic carbocycles. The summed E-state index contributed by atoms with van der Waals surface area (Å²) in [6, 6.07) is 11.7. The first kappa shape index (κ1) is 13.8. The molecule has 1 N–H and O–H groups in total. The summed E-state index contributed by atoms with van der Waals surface area (Å²) in [5.74, 6) is -0.427. The van der Waals surface area contributed by atoms with Crippen LogP contribution in [0.4, 0.5) is 0 Å². The van der Waals surface area contributed by atoms with Crippen molar-refractivity contribution in [3.05, 3.63) is 47.7 Å². The fourth-order valence-electron chi connectivity index (χ4n) is 1.35. The van der Waals surface area contributed by atoms with Crippen molar-refractivity contribution < 1.29 is 9.53 Å². The van der Waals surface area contributed by atoms with E-state index in [1.165, 1.54) is 0 Å². The molecule has 18 heavy (non-hydrogen) atoms. The Bertz CT molecular complexity index is 447. The van der Waals surface area contributed by atoms with Crippen LogP contribution in [0.1, 0.15) is 18.9 Å². The number of ether oxygens (including phenoxy) is 1. The van der Waals surface area contributed by atoms with Gasteiger partial charge in [0.25, 0.3) is 0 Å². The second kappa shape index (κ2) is 7.91. The molecule has 4 nitrogen and oxygen atoms in total. The van der Waals surface area contributed by atoms with Gasteiger partial charge in [0.05, 0.1) is 12.5 Å². The van der Waals surface area contributed by atoms with Crippen LogP contribution in [-0.2, 0) is 16.1 Å². The Kier molecular flexibility index (Phi) is 6.05. The first-order valence-corrected chi connectivity index (χ1v) is 5.76. The van der Waals surface area contributed by atoms with E-state index in [1.54, 1.807) is 13.0 Å². The molecule has 0 amide bonds. The number of carbonyl (C=O) groups excluding carboxylic acids is 1. The van der Waals surface area contributed by atoms with Gasteiger partial charge in [-0.05, 0) is 12.5 Å². The van der Waals surface area contributed by atoms with Crippen LogP contribution >= 0.6 is 0 Å². The van der Waals surface area contributed by atoms with Gasteiger partial charge < -0.3 is 10.1 Å². The normalized spacial score (nSPS) is 10.6. The molecule has 0 heterocycles. The van der Waals surface area contributed by atoms with Crippen LogP contribution in [0, 0.1) is 11.3 Å². The molecule has 1 rings (SSSR count). The molecule has 1 aromatic carbocycles. The molecule has 0 radical (unpaired) electrons. The molecule has 0 aliphatic heterocycles. The van der Waals surface area contributed by atoms with Gasteiger partial charge in [0.2, 0.25) is 0 Å². The number of nitriles is 1. The fraction of sp³-hybridized carbons (Fsp3) is 0.286. The monoisotopic (exact) mass is 244 g/mol. The Hall–Kier alpha value is -2.28. The minimum atomic E-state index is -0.427. The topological polar surface area (TPSA) is 62.1 Å². The van der Waals surface area contributed by atoms with E-state index in [1.807, 2.05) is 36.4 Å². The summed E-state index contributed by atoms with van der Waals surface area (Å²) in [5, 5.41) is 11.4. The van der Waals surface area contributed by atoms with Crippen molar-refractivity contribution in [3.63, 3.8) is 0 Å². The summed E-state index contributed by atoms with van der Waals surface area (Å²) in [5.41, 5.74) is 1.50. The SMILES string of the molecule is CC=C(NCc1ccccc1)C(=O)OCCC#N. The maximum absolute atomic E-state index is 11.6. The predicted molar refractivity (Wildman–Crippen MR) is 68.2 cm³/mol. The van der Waals surface area contributed by atoms with E-state index in [4.69, 9.17) is 10.00 Å². The first-order valence-electron chi connectivity index (χ1n) is 5.76. The van der Waals surface area contributed by atoms with E-state index in [-0.39, 0.29) is 13.0 Å². The molecule has 0 saturated heterocycles. The third-order valence-electron chi connectivity index (χ3n) is 2.28. The lowest BCUT2D eigenvalue weighted by Gasteiger charge is -2.09. The van der Waals surface area contributed by atoms with Crippen molar-refractivity contribution in [2.75, 3.05) is 6.61 Å². The van der Waals surface area contributed by atoms with Crippen molar-refractivity contribution in [1.29, 1.82) is 5.26 Å². The highest BCUT2D eigenvalue weighted by atomic mass is 16.5. The zero-order chi connectivity index (χ0) is 13.2. The van der Waals surface area contributed by atoms with Crippen LogP contribution in [0.25, 0.3) is 0 Å². The Morgan fingerprint density at radius 2 is 2.17 bits per heavy atom. The van der Waals surface area contributed by atoms with Gasteiger partial charge in [0, 0.05) is 6.54 Å². The molecule has 4 heteroatoms. The minimum Gasteiger partial charge on any atom is -0.460 e. The number of allylic oxidation sites excluding steroid dienone is 1. The molecule has 0 spiro atoms. The summed E-state index contributed by atoms with van der Waals surface area (Å²) < 4.78 is 4.93. The number of nitrogens with zero attached hydrogens (tertiary/aromatic N) is 1. The predicted octanol–water partition coefficient (Wildman–Crippen LogP) is 2.14. The van der Waals surface area contributed by atoms with Gasteiger partial charge >= 0.3 is 5.97 Å². The van der Waals surface area contributed by atoms with Gasteiger partial charge in [0.15, 0.2) is 0 Å². The third-order valence-corrected chi connectivity index (χ3v) is 2.28. The molecule has 0 bridgehead atoms. The second-order valence-corrected chi connectivity index (χ2v) is 3.59. The Morgan fingerprint density at radius 3 is 2.78 bits per heavy atom. The number of nitrogens with one attached hydrogen (secondary N) is 1. The highest BCUT2D eigenvalue weighted by molar-refractivity contribution is 5.87. The average Bonchev–Trinajstić information content (AvgIpc) is 2.41. The lowest BCUT2D eigenvalue weighted by atomic mass is 10.2. The summed E-state index contributed by atoms with van der Waals surface area (Å²) in [6.45, 7) is 2.45. The standard InChI is InChI=1S/C14H16N2O2/c1-2-13(14(17)18-10-6-9-15)16-11-12-7-4-3-5-8-12/h2-5,7-8,16H,6,10-11H2,1H3. The number of carbonyl (C=O) groups is 1. The molecule has 0 fully saturated rings. The molecular weight excluding hydrogens is 228 g/mol. The van der Waals surface area contributed by atoms with Crippen LogP contribution in [0.5, 0.6) is 0 Å². The van der Waals surface area contributed by atoms with Gasteiger partial charge in [-0.15, -0.1) is 0 Å². The number of rotatable bonds is 6. The van der Waals surface area contributed by atoms with Crippen LogP contribution in [0.3, 0.4) is 0 Å². The van der Waals surface area contributed by atoms with Crippen LogP contribution in [0.2, 0.25) is 0 Å². The highest BCUT2D eigenvalue weighted by Crippen LogP contribution is 2.01. The molecule has 0 atom stereocenters. The summed E-state index contributed by atoms with van der Waals surface area (Å²) in [6.07, 6.45) is 1.87. The zero-order valence-corrected chi connectivity index (χ0v) is 10.3. The molecule has 0 aliphatic rings. The number of benzene rings is 1. The molecule has 0 saturated carbocycles. The summed E-state index contributed by atoms with van der Waals surface area (Å²) >= 11 is 0. The molecular formula is C14H16N2O2. The van der Waals surface area contributed by atoms with E-state index >= 15 is 0 Å². The van der Waals surface area contributed by atoms with E-state index < -0.39 is 5.97 Å². The Balaban J connectivity index is 2.43. The smallest absolute Gasteiger partial charge is 0.354 e. The van der Waals surface area contributed by atoms with Crippen molar-refractivity contribution in [2.45, 2.75) is 19.9 Å². The number of hydrogen-bond donors (Lipinski definition) is 1. The van der Waals surface area contributed by atoms with Gasteiger partial charge in [-0.25, -0.2) is 4.79 Å². The molecule has 94 valence electrons. The lowest BCUT2D eigenvalue weighted by Crippen LogP contribution is -2.22. The first-order chi connectivity index (χ1) is 8.77. The van der Waals surface area contributed by atoms with Gasteiger partial charge in [-0.2, -0.15) is 5.26 Å². The van der Waals surface area contributed by atoms with E-state index in [0.29, 0.717) is 12.2 Å². The van der Waals surface area contributed by atoms with Crippen LogP contribution in [0.15, 0.2) is 42.1 Å². The van der Waals surface area contributed by atoms with E-state index in [2.05, 4.69) is 5.32 Å². The Morgan fingerprint density at radius 1 is 1.44 bits per heavy atom. The molecule has 0 unspecified atom stereocenters. The van der Waals surface area contributed by atoms with Crippen LogP contribution < -0.4 is 5.32 Å². The van der Waals surface area contributed by atoms with E-state index in [9.17, 15) is 4.79 Å². The van der Waals surface area contributed by atoms with Gasteiger partial charge in [0.1, 0.15) is 12.3 Å². The van der Waals surface area contributed by atoms with Crippen LogP contribution in [-0.4, -0.2) is 12.6 Å². The number of hydrogen-bond acceptors (Lipinski definition) is 4. The van der Waals surface area contributed by atoms with Gasteiger partial charge in [-0.1, -0.05) is 36.4 Å². The summed E-state index contributed by atoms with van der Waals surface area (Å²) in [4.78, 5) is 11.6. The van der Waals surface area contributed by atoms with Crippen molar-refractivity contribution in [1.82, 2.24) is 5.32 Å². The van der Waals surface area contributed by atoms with Crippen molar-refractivity contribution in [3.8, 4) is 6.07 Å². The molecule has 1 aromatic rings. The zero-order valence-electron chi connectivity index (χ0n) is 10.3. The maximum Gasteiger partial charge on any atom is 0.354 e. The quantitative estimate of drug-likeness (QED) is 0.473. The van der Waals surface area contributed by atoms with Gasteiger partial charge in [-0.3, -0.25) is 0 Å². The molecule has 0 aromatic heterocycles. The number of esters is 1. The highest BCUT2D eigenvalue weighted by Gasteiger charge is 2.09. The van der Waals surface area contributed by atoms with Crippen molar-refractivity contribution in [2.24, 2.45) is 0 Å². The second-order valence-electron chi connectivity index (χ2n) is 3.59. The Labute approximate surface area is 107 Å². The fourth-order valence-corrected chi connectivity index (χ4v) is 1.35. The van der Waals surface area contributed by atoms with Crippen molar-refractivity contribution >= 4 is 5.97 Å². The maximum atomic E-state index is 11.6.